The highest BCUT2D eigenvalue weighted by Gasteiger charge is 2.28. The van der Waals surface area contributed by atoms with Crippen molar-refractivity contribution in [2.24, 2.45) is 0 Å². The van der Waals surface area contributed by atoms with Crippen LogP contribution in [0.25, 0.3) is 10.9 Å². The van der Waals surface area contributed by atoms with Crippen LogP contribution in [0.15, 0.2) is 42.5 Å². The summed E-state index contributed by atoms with van der Waals surface area (Å²) < 4.78 is 0. The average Bonchev–Trinajstić information content (AvgIpc) is 3.11. The van der Waals surface area contributed by atoms with Crippen LogP contribution in [0, 0.1) is 0 Å². The van der Waals surface area contributed by atoms with Gasteiger partial charge in [-0.3, -0.25) is 14.7 Å². The van der Waals surface area contributed by atoms with Gasteiger partial charge in [-0.1, -0.05) is 24.3 Å². The molecule has 3 aromatic rings. The van der Waals surface area contributed by atoms with Crippen LogP contribution in [-0.2, 0) is 11.2 Å². The average molecular weight is 400 g/mol. The summed E-state index contributed by atoms with van der Waals surface area (Å²) >= 11 is 0. The fourth-order valence-electron chi connectivity index (χ4n) is 3.58. The number of fused-ring (bicyclic) bond motifs is 2. The van der Waals surface area contributed by atoms with E-state index in [1.807, 2.05) is 42.5 Å². The van der Waals surface area contributed by atoms with Gasteiger partial charge < -0.3 is 16.0 Å². The standard InChI is InChI=1S/C20H21N5O2.ClH/c1-12(22-19(26)18-14-6-2-3-9-16(14)23-24-18)20(27)25-11-5-7-13-15(21)8-4-10-17(13)25;/h2-4,6,8-10,12H,5,7,11,21H2,1H3,(H,22,26)(H,23,24);1H. The van der Waals surface area contributed by atoms with Gasteiger partial charge in [0.1, 0.15) is 6.04 Å². The number of nitrogens with two attached hydrogens (primary N) is 1. The van der Waals surface area contributed by atoms with Crippen molar-refractivity contribution in [2.75, 3.05) is 17.2 Å². The molecule has 146 valence electrons. The number of benzene rings is 2. The van der Waals surface area contributed by atoms with Crippen molar-refractivity contribution in [3.8, 4) is 0 Å². The number of anilines is 2. The highest BCUT2D eigenvalue weighted by Crippen LogP contribution is 2.31. The molecule has 1 aliphatic heterocycles. The van der Waals surface area contributed by atoms with E-state index in [0.29, 0.717) is 12.2 Å². The maximum absolute atomic E-state index is 13.0. The van der Waals surface area contributed by atoms with Gasteiger partial charge in [-0.15, -0.1) is 12.4 Å². The monoisotopic (exact) mass is 399 g/mol. The van der Waals surface area contributed by atoms with Gasteiger partial charge in [0.05, 0.1) is 5.52 Å². The van der Waals surface area contributed by atoms with Crippen LogP contribution >= 0.6 is 12.4 Å². The van der Waals surface area contributed by atoms with Crippen LogP contribution in [0.1, 0.15) is 29.4 Å². The number of amides is 2. The molecule has 2 aromatic carbocycles. The molecule has 1 unspecified atom stereocenters. The van der Waals surface area contributed by atoms with E-state index in [1.165, 1.54) is 0 Å². The molecule has 2 heterocycles. The van der Waals surface area contributed by atoms with E-state index >= 15 is 0 Å². The molecule has 0 saturated heterocycles. The molecule has 0 fully saturated rings. The maximum Gasteiger partial charge on any atom is 0.273 e. The number of hydrogen-bond donors (Lipinski definition) is 3. The lowest BCUT2D eigenvalue weighted by Gasteiger charge is -2.32. The summed E-state index contributed by atoms with van der Waals surface area (Å²) in [4.78, 5) is 27.3. The Morgan fingerprint density at radius 2 is 2.00 bits per heavy atom. The number of halogens is 1. The van der Waals surface area contributed by atoms with Gasteiger partial charge in [0.25, 0.3) is 5.91 Å². The van der Waals surface area contributed by atoms with Gasteiger partial charge in [0.15, 0.2) is 5.69 Å². The highest BCUT2D eigenvalue weighted by molar-refractivity contribution is 6.07. The number of nitrogens with one attached hydrogen (secondary N) is 2. The molecule has 1 atom stereocenters. The fraction of sp³-hybridized carbons (Fsp3) is 0.250. The molecule has 0 saturated carbocycles. The zero-order valence-corrected chi connectivity index (χ0v) is 16.3. The van der Waals surface area contributed by atoms with Crippen LogP contribution < -0.4 is 16.0 Å². The molecular weight excluding hydrogens is 378 g/mol. The number of H-pyrrole nitrogens is 1. The Labute approximate surface area is 168 Å². The quantitative estimate of drug-likeness (QED) is 0.589. The van der Waals surface area contributed by atoms with Crippen molar-refractivity contribution >= 4 is 46.5 Å². The lowest BCUT2D eigenvalue weighted by molar-refractivity contribution is -0.120. The third-order valence-corrected chi connectivity index (χ3v) is 4.96. The van der Waals surface area contributed by atoms with Gasteiger partial charge in [-0.05, 0) is 43.5 Å². The van der Waals surface area contributed by atoms with Crippen molar-refractivity contribution in [1.29, 1.82) is 0 Å². The number of aromatic nitrogens is 2. The molecular formula is C20H22ClN5O2. The zero-order valence-electron chi connectivity index (χ0n) is 15.4. The first-order valence-electron chi connectivity index (χ1n) is 8.99. The molecule has 8 heteroatoms. The van der Waals surface area contributed by atoms with Crippen LogP contribution in [0.2, 0.25) is 0 Å². The molecule has 1 aliphatic rings. The topological polar surface area (TPSA) is 104 Å². The van der Waals surface area contributed by atoms with E-state index in [0.717, 1.165) is 35.0 Å². The van der Waals surface area contributed by atoms with Crippen LogP contribution in [0.5, 0.6) is 0 Å². The molecule has 0 aliphatic carbocycles. The molecule has 0 radical (unpaired) electrons. The summed E-state index contributed by atoms with van der Waals surface area (Å²) in [5.74, 6) is -0.534. The molecule has 4 N–H and O–H groups in total. The first kappa shape index (κ1) is 19.7. The smallest absolute Gasteiger partial charge is 0.273 e. The predicted octanol–water partition coefficient (Wildman–Crippen LogP) is 2.66. The normalized spacial score (nSPS) is 14.1. The van der Waals surface area contributed by atoms with Crippen molar-refractivity contribution in [3.63, 3.8) is 0 Å². The minimum Gasteiger partial charge on any atom is -0.398 e. The number of carbonyl (C=O) groups is 2. The summed E-state index contributed by atoms with van der Waals surface area (Å²) in [7, 11) is 0. The minimum absolute atomic E-state index is 0. The van der Waals surface area contributed by atoms with Gasteiger partial charge in [-0.25, -0.2) is 0 Å². The molecule has 1 aromatic heterocycles. The first-order chi connectivity index (χ1) is 13.1. The molecule has 7 nitrogen and oxygen atoms in total. The molecule has 4 rings (SSSR count). The Bertz CT molecular complexity index is 1030. The minimum atomic E-state index is -0.680. The van der Waals surface area contributed by atoms with E-state index in [9.17, 15) is 9.59 Å². The third-order valence-electron chi connectivity index (χ3n) is 4.96. The number of nitrogen functional groups attached to an aromatic ring is 1. The summed E-state index contributed by atoms with van der Waals surface area (Å²) in [6.45, 7) is 2.30. The number of rotatable bonds is 3. The van der Waals surface area contributed by atoms with E-state index < -0.39 is 6.04 Å². The molecule has 0 bridgehead atoms. The summed E-state index contributed by atoms with van der Waals surface area (Å²) in [5, 5.41) is 10.4. The lowest BCUT2D eigenvalue weighted by atomic mass is 9.99. The van der Waals surface area contributed by atoms with Gasteiger partial charge in [0, 0.05) is 23.3 Å². The highest BCUT2D eigenvalue weighted by atomic mass is 35.5. The number of hydrogen-bond acceptors (Lipinski definition) is 4. The van der Waals surface area contributed by atoms with E-state index in [-0.39, 0.29) is 29.9 Å². The molecule has 2 amide bonds. The summed E-state index contributed by atoms with van der Waals surface area (Å²) in [6.07, 6.45) is 1.70. The summed E-state index contributed by atoms with van der Waals surface area (Å²) in [6, 6.07) is 12.3. The number of nitrogens with zero attached hydrogens (tertiary/aromatic N) is 2. The summed E-state index contributed by atoms with van der Waals surface area (Å²) in [5.41, 5.74) is 9.65. The SMILES string of the molecule is CC(NC(=O)c1n[nH]c2ccccc12)C(=O)N1CCCc2c(N)cccc21.Cl. The number of aromatic amines is 1. The van der Waals surface area contributed by atoms with Crippen molar-refractivity contribution in [2.45, 2.75) is 25.8 Å². The van der Waals surface area contributed by atoms with Crippen LogP contribution in [-0.4, -0.2) is 34.6 Å². The van der Waals surface area contributed by atoms with Gasteiger partial charge >= 0.3 is 0 Å². The Hall–Kier alpha value is -3.06. The van der Waals surface area contributed by atoms with Gasteiger partial charge in [0.2, 0.25) is 5.91 Å². The predicted molar refractivity (Wildman–Crippen MR) is 112 cm³/mol. The second kappa shape index (κ2) is 7.90. The second-order valence-electron chi connectivity index (χ2n) is 6.75. The van der Waals surface area contributed by atoms with Crippen molar-refractivity contribution in [3.05, 3.63) is 53.7 Å². The van der Waals surface area contributed by atoms with Crippen LogP contribution in [0.3, 0.4) is 0 Å². The van der Waals surface area contributed by atoms with E-state index in [1.54, 1.807) is 11.8 Å². The maximum atomic E-state index is 13.0. The number of carbonyl (C=O) groups excluding carboxylic acids is 2. The lowest BCUT2D eigenvalue weighted by Crippen LogP contribution is -2.48. The Morgan fingerprint density at radius 1 is 1.21 bits per heavy atom. The molecule has 0 spiro atoms. The zero-order chi connectivity index (χ0) is 19.0. The Kier molecular flexibility index (Phi) is 5.56. The van der Waals surface area contributed by atoms with Crippen molar-refractivity contribution in [1.82, 2.24) is 15.5 Å². The third kappa shape index (κ3) is 3.41. The molecule has 28 heavy (non-hydrogen) atoms. The van der Waals surface area contributed by atoms with Crippen molar-refractivity contribution < 1.29 is 9.59 Å². The Balaban J connectivity index is 0.00000225. The Morgan fingerprint density at radius 3 is 2.82 bits per heavy atom. The first-order valence-corrected chi connectivity index (χ1v) is 8.99. The largest absolute Gasteiger partial charge is 0.398 e. The van der Waals surface area contributed by atoms with E-state index in [4.69, 9.17) is 5.73 Å². The van der Waals surface area contributed by atoms with E-state index in [2.05, 4.69) is 15.5 Å². The number of para-hydroxylation sites is 1. The fourth-order valence-corrected chi connectivity index (χ4v) is 3.58. The van der Waals surface area contributed by atoms with Crippen LogP contribution in [0.4, 0.5) is 11.4 Å². The van der Waals surface area contributed by atoms with Gasteiger partial charge in [-0.2, -0.15) is 5.10 Å². The second-order valence-corrected chi connectivity index (χ2v) is 6.75.